The van der Waals surface area contributed by atoms with E-state index >= 15 is 0 Å². The molecule has 2 aromatic rings. The minimum absolute atomic E-state index is 0.213. The zero-order chi connectivity index (χ0) is 12.6. The summed E-state index contributed by atoms with van der Waals surface area (Å²) < 4.78 is 0. The number of amides is 1. The van der Waals surface area contributed by atoms with Gasteiger partial charge < -0.3 is 5.73 Å². The van der Waals surface area contributed by atoms with Crippen LogP contribution in [0.1, 0.15) is 27.3 Å². The van der Waals surface area contributed by atoms with Crippen LogP contribution in [0.25, 0.3) is 5.69 Å². The molecule has 2 N–H and O–H groups in total. The van der Waals surface area contributed by atoms with Crippen LogP contribution in [-0.4, -0.2) is 20.9 Å². The largest absolute Gasteiger partial charge is 0.364 e. The highest BCUT2D eigenvalue weighted by Gasteiger charge is 2.13. The molecule has 1 amide bonds. The van der Waals surface area contributed by atoms with Crippen LogP contribution < -0.4 is 5.73 Å². The molecule has 2 rings (SSSR count). The van der Waals surface area contributed by atoms with Crippen molar-refractivity contribution in [2.45, 2.75) is 20.8 Å². The minimum Gasteiger partial charge on any atom is -0.364 e. The molecular weight excluding hydrogens is 216 g/mol. The molecule has 88 valence electrons. The van der Waals surface area contributed by atoms with Gasteiger partial charge in [-0.05, 0) is 32.4 Å². The maximum Gasteiger partial charge on any atom is 0.271 e. The first-order valence-corrected chi connectivity index (χ1v) is 5.30. The predicted molar refractivity (Wildman–Crippen MR) is 64.1 cm³/mol. The second-order valence-electron chi connectivity index (χ2n) is 4.08. The van der Waals surface area contributed by atoms with Crippen LogP contribution in [-0.2, 0) is 0 Å². The fourth-order valence-electron chi connectivity index (χ4n) is 1.74. The van der Waals surface area contributed by atoms with Crippen molar-refractivity contribution in [3.05, 3.63) is 40.7 Å². The summed E-state index contributed by atoms with van der Waals surface area (Å²) >= 11 is 0. The molecule has 0 unspecified atom stereocenters. The van der Waals surface area contributed by atoms with E-state index in [-0.39, 0.29) is 5.69 Å². The Balaban J connectivity index is 2.53. The third-order valence-corrected chi connectivity index (χ3v) is 2.58. The van der Waals surface area contributed by atoms with E-state index in [2.05, 4.69) is 10.2 Å². The van der Waals surface area contributed by atoms with Crippen molar-refractivity contribution in [2.75, 3.05) is 0 Å². The first kappa shape index (κ1) is 11.3. The van der Waals surface area contributed by atoms with E-state index in [4.69, 9.17) is 5.73 Å². The van der Waals surface area contributed by atoms with Gasteiger partial charge in [-0.25, -0.2) is 0 Å². The summed E-state index contributed by atoms with van der Waals surface area (Å²) in [5, 5.41) is 8.30. The molecule has 0 radical (unpaired) electrons. The van der Waals surface area contributed by atoms with Gasteiger partial charge in [0, 0.05) is 0 Å². The number of rotatable bonds is 2. The van der Waals surface area contributed by atoms with Crippen molar-refractivity contribution < 1.29 is 4.79 Å². The normalized spacial score (nSPS) is 10.5. The summed E-state index contributed by atoms with van der Waals surface area (Å²) in [6.45, 7) is 5.71. The lowest BCUT2D eigenvalue weighted by atomic mass is 10.1. The molecule has 0 aliphatic rings. The van der Waals surface area contributed by atoms with E-state index < -0.39 is 5.91 Å². The first-order valence-electron chi connectivity index (χ1n) is 5.30. The quantitative estimate of drug-likeness (QED) is 0.844. The SMILES string of the molecule is Cc1ccc(-n2nc(C)c(C(N)=O)n2)c(C)c1. The molecule has 0 atom stereocenters. The molecular formula is C12H14N4O. The summed E-state index contributed by atoms with van der Waals surface area (Å²) in [4.78, 5) is 12.6. The standard InChI is InChI=1S/C12H14N4O/c1-7-4-5-10(8(2)6-7)16-14-9(3)11(15-16)12(13)17/h4-6H,1-3H3,(H2,13,17). The summed E-state index contributed by atoms with van der Waals surface area (Å²) in [5.41, 5.74) is 9.04. The maximum absolute atomic E-state index is 11.1. The van der Waals surface area contributed by atoms with Gasteiger partial charge in [-0.15, -0.1) is 5.10 Å². The number of aryl methyl sites for hydroxylation is 3. The van der Waals surface area contributed by atoms with Gasteiger partial charge >= 0.3 is 0 Å². The summed E-state index contributed by atoms with van der Waals surface area (Å²) in [5.74, 6) is -0.557. The number of nitrogens with zero attached hydrogens (tertiary/aromatic N) is 3. The van der Waals surface area contributed by atoms with Crippen LogP contribution in [0.15, 0.2) is 18.2 Å². The highest BCUT2D eigenvalue weighted by atomic mass is 16.1. The average Bonchev–Trinajstić information content (AvgIpc) is 2.60. The lowest BCUT2D eigenvalue weighted by molar-refractivity contribution is 0.0994. The van der Waals surface area contributed by atoms with Crippen molar-refractivity contribution in [1.29, 1.82) is 0 Å². The second kappa shape index (κ2) is 4.01. The van der Waals surface area contributed by atoms with Gasteiger partial charge in [-0.1, -0.05) is 17.7 Å². The third kappa shape index (κ3) is 2.04. The molecule has 0 bridgehead atoms. The van der Waals surface area contributed by atoms with E-state index in [1.807, 2.05) is 32.0 Å². The monoisotopic (exact) mass is 230 g/mol. The highest BCUT2D eigenvalue weighted by Crippen LogP contribution is 2.14. The Morgan fingerprint density at radius 1 is 1.24 bits per heavy atom. The van der Waals surface area contributed by atoms with Crippen molar-refractivity contribution in [2.24, 2.45) is 5.73 Å². The van der Waals surface area contributed by atoms with Crippen LogP contribution in [0.3, 0.4) is 0 Å². The minimum atomic E-state index is -0.557. The van der Waals surface area contributed by atoms with E-state index in [0.29, 0.717) is 5.69 Å². The molecule has 1 aromatic carbocycles. The number of nitrogens with two attached hydrogens (primary N) is 1. The van der Waals surface area contributed by atoms with Crippen molar-refractivity contribution in [1.82, 2.24) is 15.0 Å². The Kier molecular flexibility index (Phi) is 2.67. The number of carbonyl (C=O) groups is 1. The molecule has 1 aromatic heterocycles. The number of carbonyl (C=O) groups excluding carboxylic acids is 1. The van der Waals surface area contributed by atoms with E-state index in [1.54, 1.807) is 6.92 Å². The number of hydrogen-bond donors (Lipinski definition) is 1. The highest BCUT2D eigenvalue weighted by molar-refractivity contribution is 5.91. The van der Waals surface area contributed by atoms with Gasteiger partial charge in [0.15, 0.2) is 5.69 Å². The Labute approximate surface area is 99.2 Å². The number of primary amides is 1. The maximum atomic E-state index is 11.1. The Morgan fingerprint density at radius 2 is 1.94 bits per heavy atom. The van der Waals surface area contributed by atoms with E-state index in [0.717, 1.165) is 11.3 Å². The van der Waals surface area contributed by atoms with Crippen LogP contribution in [0.2, 0.25) is 0 Å². The summed E-state index contributed by atoms with van der Waals surface area (Å²) in [7, 11) is 0. The van der Waals surface area contributed by atoms with Crippen molar-refractivity contribution in [3.8, 4) is 5.69 Å². The van der Waals surface area contributed by atoms with Crippen molar-refractivity contribution in [3.63, 3.8) is 0 Å². The third-order valence-electron chi connectivity index (χ3n) is 2.58. The smallest absolute Gasteiger partial charge is 0.271 e. The van der Waals surface area contributed by atoms with Gasteiger partial charge in [0.1, 0.15) is 0 Å². The lowest BCUT2D eigenvalue weighted by Crippen LogP contribution is -2.13. The molecule has 0 aliphatic heterocycles. The van der Waals surface area contributed by atoms with Crippen LogP contribution in [0.5, 0.6) is 0 Å². The first-order chi connectivity index (χ1) is 7.99. The molecule has 0 fully saturated rings. The molecule has 0 saturated heterocycles. The van der Waals surface area contributed by atoms with Gasteiger partial charge in [0.25, 0.3) is 5.91 Å². The van der Waals surface area contributed by atoms with Gasteiger partial charge in [0.05, 0.1) is 11.4 Å². The van der Waals surface area contributed by atoms with Gasteiger partial charge in [-0.2, -0.15) is 9.90 Å². The Morgan fingerprint density at radius 3 is 2.47 bits per heavy atom. The zero-order valence-corrected chi connectivity index (χ0v) is 10.1. The van der Waals surface area contributed by atoms with E-state index in [9.17, 15) is 4.79 Å². The number of aromatic nitrogens is 3. The Hall–Kier alpha value is -2.17. The second-order valence-corrected chi connectivity index (χ2v) is 4.08. The van der Waals surface area contributed by atoms with Crippen LogP contribution in [0.4, 0.5) is 0 Å². The van der Waals surface area contributed by atoms with Gasteiger partial charge in [0.2, 0.25) is 0 Å². The van der Waals surface area contributed by atoms with Crippen LogP contribution in [0, 0.1) is 20.8 Å². The topological polar surface area (TPSA) is 73.8 Å². The van der Waals surface area contributed by atoms with Gasteiger partial charge in [-0.3, -0.25) is 4.79 Å². The number of benzene rings is 1. The molecule has 17 heavy (non-hydrogen) atoms. The number of hydrogen-bond acceptors (Lipinski definition) is 3. The van der Waals surface area contributed by atoms with Crippen molar-refractivity contribution >= 4 is 5.91 Å². The molecule has 5 nitrogen and oxygen atoms in total. The van der Waals surface area contributed by atoms with Crippen LogP contribution >= 0.6 is 0 Å². The zero-order valence-electron chi connectivity index (χ0n) is 10.1. The Bertz CT molecular complexity index is 586. The predicted octanol–water partition coefficient (Wildman–Crippen LogP) is 1.29. The van der Waals surface area contributed by atoms with E-state index in [1.165, 1.54) is 10.4 Å². The fourth-order valence-corrected chi connectivity index (χ4v) is 1.74. The lowest BCUT2D eigenvalue weighted by Gasteiger charge is -2.04. The molecule has 0 aliphatic carbocycles. The molecule has 0 spiro atoms. The molecule has 5 heteroatoms. The summed E-state index contributed by atoms with van der Waals surface area (Å²) in [6, 6.07) is 5.94. The molecule has 1 heterocycles. The average molecular weight is 230 g/mol. The fraction of sp³-hybridized carbons (Fsp3) is 0.250. The summed E-state index contributed by atoms with van der Waals surface area (Å²) in [6.07, 6.45) is 0. The molecule has 0 saturated carbocycles.